The van der Waals surface area contributed by atoms with E-state index in [-0.39, 0.29) is 29.6 Å². The van der Waals surface area contributed by atoms with Crippen LogP contribution >= 0.6 is 0 Å². The molecule has 2 unspecified atom stereocenters. The number of nitrogens with one attached hydrogen (secondary N) is 2. The second kappa shape index (κ2) is 8.56. The van der Waals surface area contributed by atoms with Crippen molar-refractivity contribution < 1.29 is 12.8 Å². The van der Waals surface area contributed by atoms with Gasteiger partial charge in [0.2, 0.25) is 10.0 Å². The van der Waals surface area contributed by atoms with Gasteiger partial charge in [-0.3, -0.25) is 4.99 Å². The fourth-order valence-electron chi connectivity index (χ4n) is 3.68. The summed E-state index contributed by atoms with van der Waals surface area (Å²) in [5.41, 5.74) is 0.750. The standard InChI is InChI=1S/C19H29FN4O2S/c1-3-12-27(25,26)24-10-8-14(9-11-24)22-19(21-2)23-18-13-16(18)15-6-4-5-7-17(15)20/h4-7,14,16,18H,3,8-13H2,1-2H3,(H2,21,22,23). The van der Waals surface area contributed by atoms with E-state index in [4.69, 9.17) is 0 Å². The van der Waals surface area contributed by atoms with Crippen LogP contribution in [0.4, 0.5) is 4.39 Å². The molecule has 0 spiro atoms. The van der Waals surface area contributed by atoms with Gasteiger partial charge >= 0.3 is 0 Å². The van der Waals surface area contributed by atoms with Crippen LogP contribution in [0.1, 0.15) is 44.1 Å². The summed E-state index contributed by atoms with van der Waals surface area (Å²) in [6, 6.07) is 7.27. The number of nitrogens with zero attached hydrogens (tertiary/aromatic N) is 2. The molecule has 2 N–H and O–H groups in total. The van der Waals surface area contributed by atoms with Gasteiger partial charge in [-0.15, -0.1) is 0 Å². The Hall–Kier alpha value is -1.67. The first-order chi connectivity index (χ1) is 12.9. The van der Waals surface area contributed by atoms with Crippen molar-refractivity contribution in [1.82, 2.24) is 14.9 Å². The first-order valence-corrected chi connectivity index (χ1v) is 11.3. The summed E-state index contributed by atoms with van der Waals surface area (Å²) < 4.78 is 39.8. The van der Waals surface area contributed by atoms with Gasteiger partial charge in [-0.25, -0.2) is 17.1 Å². The third kappa shape index (κ3) is 4.99. The van der Waals surface area contributed by atoms with Crippen LogP contribution in [0, 0.1) is 5.82 Å². The normalized spacial score (nSPS) is 24.6. The molecule has 1 saturated carbocycles. The number of rotatable bonds is 6. The van der Waals surface area contributed by atoms with Crippen LogP contribution in [0.5, 0.6) is 0 Å². The van der Waals surface area contributed by atoms with Gasteiger partial charge in [0.15, 0.2) is 5.96 Å². The lowest BCUT2D eigenvalue weighted by atomic mass is 10.1. The van der Waals surface area contributed by atoms with Crippen molar-refractivity contribution in [2.45, 2.75) is 50.6 Å². The summed E-state index contributed by atoms with van der Waals surface area (Å²) >= 11 is 0. The molecular formula is C19H29FN4O2S. The molecule has 1 aliphatic heterocycles. The molecule has 1 aromatic carbocycles. The van der Waals surface area contributed by atoms with E-state index in [0.717, 1.165) is 24.8 Å². The van der Waals surface area contributed by atoms with Crippen LogP contribution in [0.3, 0.4) is 0 Å². The van der Waals surface area contributed by atoms with Gasteiger partial charge in [-0.05, 0) is 37.3 Å². The van der Waals surface area contributed by atoms with Gasteiger partial charge in [-0.2, -0.15) is 0 Å². The maximum absolute atomic E-state index is 13.9. The highest BCUT2D eigenvalue weighted by Gasteiger charge is 2.40. The maximum atomic E-state index is 13.9. The summed E-state index contributed by atoms with van der Waals surface area (Å²) in [7, 11) is -1.40. The summed E-state index contributed by atoms with van der Waals surface area (Å²) in [4.78, 5) is 4.28. The summed E-state index contributed by atoms with van der Waals surface area (Å²) in [5.74, 6) is 0.933. The fourth-order valence-corrected chi connectivity index (χ4v) is 5.22. The average molecular weight is 397 g/mol. The van der Waals surface area contributed by atoms with E-state index in [2.05, 4.69) is 15.6 Å². The second-order valence-corrected chi connectivity index (χ2v) is 9.41. The minimum Gasteiger partial charge on any atom is -0.354 e. The molecule has 0 aromatic heterocycles. The smallest absolute Gasteiger partial charge is 0.214 e. The van der Waals surface area contributed by atoms with Crippen molar-refractivity contribution in [3.63, 3.8) is 0 Å². The molecular weight excluding hydrogens is 367 g/mol. The third-order valence-electron chi connectivity index (χ3n) is 5.29. The number of sulfonamides is 1. The summed E-state index contributed by atoms with van der Waals surface area (Å²) in [6.07, 6.45) is 3.03. The monoisotopic (exact) mass is 396 g/mol. The van der Waals surface area contributed by atoms with Gasteiger partial charge in [-0.1, -0.05) is 25.1 Å². The predicted octanol–water partition coefficient (Wildman–Crippen LogP) is 2.05. The molecule has 8 heteroatoms. The molecule has 1 aliphatic carbocycles. The zero-order chi connectivity index (χ0) is 19.4. The number of benzene rings is 1. The van der Waals surface area contributed by atoms with Crippen LogP contribution in [0.2, 0.25) is 0 Å². The Morgan fingerprint density at radius 1 is 1.26 bits per heavy atom. The topological polar surface area (TPSA) is 73.8 Å². The van der Waals surface area contributed by atoms with E-state index < -0.39 is 10.0 Å². The molecule has 2 aliphatic rings. The summed E-state index contributed by atoms with van der Waals surface area (Å²) in [5, 5.41) is 6.76. The predicted molar refractivity (Wildman–Crippen MR) is 106 cm³/mol. The Bertz CT molecular complexity index is 776. The molecule has 0 bridgehead atoms. The largest absolute Gasteiger partial charge is 0.354 e. The highest BCUT2D eigenvalue weighted by molar-refractivity contribution is 7.89. The molecule has 3 rings (SSSR count). The number of aliphatic imine (C=N–C) groups is 1. The zero-order valence-electron chi connectivity index (χ0n) is 16.0. The lowest BCUT2D eigenvalue weighted by molar-refractivity contribution is 0.306. The Labute approximate surface area is 161 Å². The molecule has 6 nitrogen and oxygen atoms in total. The Kier molecular flexibility index (Phi) is 6.37. The highest BCUT2D eigenvalue weighted by Crippen LogP contribution is 2.41. The molecule has 2 fully saturated rings. The minimum atomic E-state index is -3.12. The number of halogens is 1. The van der Waals surface area contributed by atoms with Crippen molar-refractivity contribution in [2.24, 2.45) is 4.99 Å². The van der Waals surface area contributed by atoms with Crippen LogP contribution in [-0.4, -0.2) is 56.7 Å². The van der Waals surface area contributed by atoms with Gasteiger partial charge in [0, 0.05) is 38.1 Å². The number of piperidine rings is 1. The van der Waals surface area contributed by atoms with Crippen LogP contribution in [-0.2, 0) is 10.0 Å². The minimum absolute atomic E-state index is 0.157. The first-order valence-electron chi connectivity index (χ1n) is 9.66. The fraction of sp³-hybridized carbons (Fsp3) is 0.632. The number of hydrogen-bond acceptors (Lipinski definition) is 3. The third-order valence-corrected chi connectivity index (χ3v) is 7.37. The Morgan fingerprint density at radius 3 is 2.59 bits per heavy atom. The molecule has 2 atom stereocenters. The van der Waals surface area contributed by atoms with Gasteiger partial charge < -0.3 is 10.6 Å². The average Bonchev–Trinajstić information content (AvgIpc) is 3.41. The van der Waals surface area contributed by atoms with Crippen molar-refractivity contribution in [3.05, 3.63) is 35.6 Å². The zero-order valence-corrected chi connectivity index (χ0v) is 16.8. The van der Waals surface area contributed by atoms with Gasteiger partial charge in [0.25, 0.3) is 0 Å². The van der Waals surface area contributed by atoms with Crippen molar-refractivity contribution in [1.29, 1.82) is 0 Å². The second-order valence-electron chi connectivity index (χ2n) is 7.32. The first kappa shape index (κ1) is 20.1. The molecule has 1 saturated heterocycles. The Balaban J connectivity index is 1.48. The molecule has 150 valence electrons. The SMILES string of the molecule is CCCS(=O)(=O)N1CCC(NC(=NC)NC2CC2c2ccccc2F)CC1. The maximum Gasteiger partial charge on any atom is 0.214 e. The quantitative estimate of drug-likeness (QED) is 0.570. The number of hydrogen-bond donors (Lipinski definition) is 2. The molecule has 27 heavy (non-hydrogen) atoms. The number of guanidine groups is 1. The molecule has 0 radical (unpaired) electrons. The van der Waals surface area contributed by atoms with E-state index in [1.165, 1.54) is 6.07 Å². The van der Waals surface area contributed by atoms with Crippen molar-refractivity contribution in [3.8, 4) is 0 Å². The van der Waals surface area contributed by atoms with Crippen molar-refractivity contribution >= 4 is 16.0 Å². The van der Waals surface area contributed by atoms with Crippen molar-refractivity contribution in [2.75, 3.05) is 25.9 Å². The lowest BCUT2D eigenvalue weighted by Gasteiger charge is -2.32. The molecule has 0 amide bonds. The van der Waals surface area contributed by atoms with E-state index in [9.17, 15) is 12.8 Å². The molecule has 1 heterocycles. The Morgan fingerprint density at radius 2 is 1.96 bits per heavy atom. The van der Waals surface area contributed by atoms with Crippen LogP contribution < -0.4 is 10.6 Å². The molecule has 1 aromatic rings. The van der Waals surface area contributed by atoms with E-state index in [0.29, 0.717) is 25.5 Å². The van der Waals surface area contributed by atoms with Crippen LogP contribution in [0.15, 0.2) is 29.3 Å². The van der Waals surface area contributed by atoms with E-state index in [1.807, 2.05) is 19.1 Å². The van der Waals surface area contributed by atoms with Gasteiger partial charge in [0.1, 0.15) is 5.82 Å². The van der Waals surface area contributed by atoms with E-state index >= 15 is 0 Å². The highest BCUT2D eigenvalue weighted by atomic mass is 32.2. The van der Waals surface area contributed by atoms with E-state index in [1.54, 1.807) is 17.4 Å². The van der Waals surface area contributed by atoms with Gasteiger partial charge in [0.05, 0.1) is 5.75 Å². The lowest BCUT2D eigenvalue weighted by Crippen LogP contribution is -2.50. The summed E-state index contributed by atoms with van der Waals surface area (Å²) in [6.45, 7) is 2.96. The van der Waals surface area contributed by atoms with Crippen LogP contribution in [0.25, 0.3) is 0 Å².